The Morgan fingerprint density at radius 2 is 2.19 bits per heavy atom. The van der Waals surface area contributed by atoms with Crippen LogP contribution in [0.3, 0.4) is 0 Å². The first-order valence-electron chi connectivity index (χ1n) is 6.49. The van der Waals surface area contributed by atoms with E-state index in [-0.39, 0.29) is 39.2 Å². The maximum atomic E-state index is 12.6. The van der Waals surface area contributed by atoms with E-state index < -0.39 is 4.92 Å². The molecule has 1 fully saturated rings. The number of rotatable bonds is 3. The summed E-state index contributed by atoms with van der Waals surface area (Å²) >= 11 is 11.9. The topological polar surface area (TPSA) is 89.5 Å². The minimum atomic E-state index is -0.602. The van der Waals surface area contributed by atoms with Crippen molar-refractivity contribution in [2.75, 3.05) is 13.1 Å². The van der Waals surface area contributed by atoms with Crippen molar-refractivity contribution < 1.29 is 9.72 Å². The highest BCUT2D eigenvalue weighted by molar-refractivity contribution is 6.44. The predicted molar refractivity (Wildman–Crippen MR) is 80.8 cm³/mol. The highest BCUT2D eigenvalue weighted by Gasteiger charge is 2.34. The smallest absolute Gasteiger partial charge is 0.271 e. The molecule has 1 aliphatic rings. The van der Waals surface area contributed by atoms with E-state index in [0.29, 0.717) is 13.1 Å². The molecule has 1 aliphatic heterocycles. The first kappa shape index (κ1) is 16.0. The molecule has 0 aromatic heterocycles. The fraction of sp³-hybridized carbons (Fsp3) is 0.462. The van der Waals surface area contributed by atoms with Gasteiger partial charge < -0.3 is 10.6 Å². The fourth-order valence-electron chi connectivity index (χ4n) is 2.59. The van der Waals surface area contributed by atoms with Gasteiger partial charge >= 0.3 is 0 Å². The number of nitro benzene ring substituents is 1. The summed E-state index contributed by atoms with van der Waals surface area (Å²) in [4.78, 5) is 24.5. The zero-order chi connectivity index (χ0) is 15.7. The highest BCUT2D eigenvalue weighted by Crippen LogP contribution is 2.33. The Balaban J connectivity index is 2.37. The number of benzene rings is 1. The highest BCUT2D eigenvalue weighted by atomic mass is 35.5. The molecule has 0 bridgehead atoms. The number of carbonyl (C=O) groups excluding carboxylic acids is 1. The van der Waals surface area contributed by atoms with Crippen molar-refractivity contribution in [1.29, 1.82) is 0 Å². The molecule has 2 N–H and O–H groups in total. The van der Waals surface area contributed by atoms with Gasteiger partial charge in [0.15, 0.2) is 0 Å². The number of likely N-dealkylation sites (tertiary alicyclic amines) is 1. The first-order valence-corrected chi connectivity index (χ1v) is 7.25. The van der Waals surface area contributed by atoms with Gasteiger partial charge in [0.2, 0.25) is 0 Å². The van der Waals surface area contributed by atoms with Crippen molar-refractivity contribution >= 4 is 34.8 Å². The zero-order valence-corrected chi connectivity index (χ0v) is 12.9. The Morgan fingerprint density at radius 1 is 1.52 bits per heavy atom. The van der Waals surface area contributed by atoms with Crippen LogP contribution < -0.4 is 5.73 Å². The van der Waals surface area contributed by atoms with Crippen LogP contribution in [-0.4, -0.2) is 34.9 Å². The number of halogens is 2. The molecular formula is C13H15Cl2N3O3. The van der Waals surface area contributed by atoms with Gasteiger partial charge in [0.25, 0.3) is 11.6 Å². The molecule has 0 aliphatic carbocycles. The minimum Gasteiger partial charge on any atom is -0.336 e. The van der Waals surface area contributed by atoms with Crippen LogP contribution in [-0.2, 0) is 0 Å². The number of hydrogen-bond acceptors (Lipinski definition) is 4. The zero-order valence-electron chi connectivity index (χ0n) is 11.4. The number of non-ortho nitro benzene ring substituents is 1. The third kappa shape index (κ3) is 3.12. The molecule has 6 nitrogen and oxygen atoms in total. The van der Waals surface area contributed by atoms with Crippen molar-refractivity contribution in [2.45, 2.75) is 19.4 Å². The van der Waals surface area contributed by atoms with E-state index in [1.165, 1.54) is 6.07 Å². The van der Waals surface area contributed by atoms with Gasteiger partial charge in [0.1, 0.15) is 0 Å². The molecule has 2 rings (SSSR count). The molecule has 0 saturated carbocycles. The monoisotopic (exact) mass is 331 g/mol. The summed E-state index contributed by atoms with van der Waals surface area (Å²) in [7, 11) is 0. The molecule has 1 heterocycles. The first-order chi connectivity index (χ1) is 9.85. The molecule has 2 unspecified atom stereocenters. The van der Waals surface area contributed by atoms with Crippen LogP contribution in [0.1, 0.15) is 23.7 Å². The summed E-state index contributed by atoms with van der Waals surface area (Å²) < 4.78 is 0. The molecule has 8 heteroatoms. The molecule has 0 radical (unpaired) electrons. The normalized spacial score (nSPS) is 21.6. The lowest BCUT2D eigenvalue weighted by atomic mass is 10.1. The lowest BCUT2D eigenvalue weighted by Crippen LogP contribution is -2.34. The lowest BCUT2D eigenvalue weighted by Gasteiger charge is -2.22. The Kier molecular flexibility index (Phi) is 4.70. The van der Waals surface area contributed by atoms with Gasteiger partial charge in [-0.25, -0.2) is 0 Å². The second kappa shape index (κ2) is 6.17. The fourth-order valence-corrected chi connectivity index (χ4v) is 2.99. The Hall–Kier alpha value is -1.37. The van der Waals surface area contributed by atoms with Crippen LogP contribution in [0.15, 0.2) is 12.1 Å². The SMILES string of the molecule is CC1CC(CN)CN1C(=O)c1cc([N+](=O)[O-])cc(Cl)c1Cl. The molecule has 1 saturated heterocycles. The second-order valence-electron chi connectivity index (χ2n) is 5.19. The summed E-state index contributed by atoms with van der Waals surface area (Å²) in [5, 5.41) is 10.9. The van der Waals surface area contributed by atoms with Crippen LogP contribution in [0.4, 0.5) is 5.69 Å². The van der Waals surface area contributed by atoms with E-state index in [4.69, 9.17) is 28.9 Å². The Morgan fingerprint density at radius 3 is 2.71 bits per heavy atom. The number of amides is 1. The van der Waals surface area contributed by atoms with E-state index in [1.54, 1.807) is 4.90 Å². The summed E-state index contributed by atoms with van der Waals surface area (Å²) in [6.07, 6.45) is 0.808. The van der Waals surface area contributed by atoms with Gasteiger partial charge in [-0.1, -0.05) is 23.2 Å². The van der Waals surface area contributed by atoms with Crippen LogP contribution in [0.5, 0.6) is 0 Å². The molecule has 0 spiro atoms. The molecule has 2 atom stereocenters. The number of carbonyl (C=O) groups is 1. The molecule has 1 amide bonds. The predicted octanol–water partition coefficient (Wildman–Crippen LogP) is 2.71. The van der Waals surface area contributed by atoms with Crippen LogP contribution in [0, 0.1) is 16.0 Å². The van der Waals surface area contributed by atoms with Crippen LogP contribution in [0.25, 0.3) is 0 Å². The number of hydrogen-bond donors (Lipinski definition) is 1. The number of nitrogens with two attached hydrogens (primary N) is 1. The third-order valence-corrected chi connectivity index (χ3v) is 4.51. The van der Waals surface area contributed by atoms with Gasteiger partial charge in [0, 0.05) is 24.7 Å². The number of nitrogens with zero attached hydrogens (tertiary/aromatic N) is 2. The molecule has 1 aromatic carbocycles. The van der Waals surface area contributed by atoms with Crippen molar-refractivity contribution in [3.8, 4) is 0 Å². The van der Waals surface area contributed by atoms with E-state index >= 15 is 0 Å². The summed E-state index contributed by atoms with van der Waals surface area (Å²) in [6.45, 7) is 2.94. The second-order valence-corrected chi connectivity index (χ2v) is 5.98. The van der Waals surface area contributed by atoms with Crippen molar-refractivity contribution in [2.24, 2.45) is 11.7 Å². The van der Waals surface area contributed by atoms with Gasteiger partial charge in [-0.15, -0.1) is 0 Å². The van der Waals surface area contributed by atoms with Crippen LogP contribution >= 0.6 is 23.2 Å². The van der Waals surface area contributed by atoms with E-state index in [9.17, 15) is 14.9 Å². The van der Waals surface area contributed by atoms with Gasteiger partial charge in [-0.3, -0.25) is 14.9 Å². The van der Waals surface area contributed by atoms with Gasteiger partial charge in [-0.2, -0.15) is 0 Å². The average molecular weight is 332 g/mol. The van der Waals surface area contributed by atoms with Gasteiger partial charge in [-0.05, 0) is 25.8 Å². The van der Waals surface area contributed by atoms with E-state index in [0.717, 1.165) is 12.5 Å². The molecular weight excluding hydrogens is 317 g/mol. The minimum absolute atomic E-state index is 0.00329. The third-order valence-electron chi connectivity index (χ3n) is 3.71. The average Bonchev–Trinajstić information content (AvgIpc) is 2.82. The summed E-state index contributed by atoms with van der Waals surface area (Å²) in [5.41, 5.74) is 5.44. The molecule has 1 aromatic rings. The Bertz CT molecular complexity index is 594. The maximum Gasteiger partial charge on any atom is 0.271 e. The lowest BCUT2D eigenvalue weighted by molar-refractivity contribution is -0.384. The van der Waals surface area contributed by atoms with Gasteiger partial charge in [0.05, 0.1) is 20.5 Å². The van der Waals surface area contributed by atoms with Crippen molar-refractivity contribution in [3.05, 3.63) is 37.9 Å². The standard InChI is InChI=1S/C13H15Cl2N3O3/c1-7-2-8(5-16)6-17(7)13(19)10-3-9(18(20)21)4-11(14)12(10)15/h3-4,7-8H,2,5-6,16H2,1H3. The van der Waals surface area contributed by atoms with Crippen molar-refractivity contribution in [1.82, 2.24) is 4.90 Å². The van der Waals surface area contributed by atoms with E-state index in [2.05, 4.69) is 0 Å². The quantitative estimate of drug-likeness (QED) is 0.681. The van der Waals surface area contributed by atoms with Crippen molar-refractivity contribution in [3.63, 3.8) is 0 Å². The number of nitro groups is 1. The largest absolute Gasteiger partial charge is 0.336 e. The Labute approximate surface area is 132 Å². The molecule has 114 valence electrons. The summed E-state index contributed by atoms with van der Waals surface area (Å²) in [5.74, 6) is -0.119. The van der Waals surface area contributed by atoms with Crippen LogP contribution in [0.2, 0.25) is 10.0 Å². The molecule has 21 heavy (non-hydrogen) atoms. The van der Waals surface area contributed by atoms with E-state index in [1.807, 2.05) is 6.92 Å². The maximum absolute atomic E-state index is 12.6. The summed E-state index contributed by atoms with van der Waals surface area (Å²) in [6, 6.07) is 2.32.